The molecule has 0 aliphatic carbocycles. The Bertz CT molecular complexity index is 533. The van der Waals surface area contributed by atoms with Gasteiger partial charge in [-0.05, 0) is 25.4 Å². The molecule has 0 aromatic carbocycles. The number of carbonyl (C=O) groups is 2. The lowest BCUT2D eigenvalue weighted by atomic mass is 9.66. The molecular weight excluding hydrogens is 338 g/mol. The fraction of sp³-hybridized carbons (Fsp3) is 0.786. The number of β-lactam (4-membered cyclic amide) rings is 1. The number of carboxylic acid groups (broad SMARTS) is 1. The van der Waals surface area contributed by atoms with Gasteiger partial charge in [-0.15, -0.1) is 0 Å². The highest BCUT2D eigenvalue weighted by atomic mass is 32.2. The van der Waals surface area contributed by atoms with E-state index in [2.05, 4.69) is 33.9 Å². The molecule has 2 saturated heterocycles. The van der Waals surface area contributed by atoms with Gasteiger partial charge in [0.25, 0.3) is 0 Å². The highest BCUT2D eigenvalue weighted by Crippen LogP contribution is 2.54. The molecule has 2 aliphatic heterocycles. The summed E-state index contributed by atoms with van der Waals surface area (Å²) in [5.74, 6) is -1.56. The smallest absolute Gasteiger partial charge is 0.332 e. The molecular formula is C14H23NO4S2Si. The Morgan fingerprint density at radius 2 is 1.91 bits per heavy atom. The minimum atomic E-state index is -1.38. The third-order valence-corrected chi connectivity index (χ3v) is 7.28. The van der Waals surface area contributed by atoms with Crippen LogP contribution in [0.3, 0.4) is 0 Å². The Morgan fingerprint density at radius 3 is 2.32 bits per heavy atom. The molecule has 0 aromatic heterocycles. The molecule has 0 saturated carbocycles. The van der Waals surface area contributed by atoms with E-state index in [1.54, 1.807) is 0 Å². The summed E-state index contributed by atoms with van der Waals surface area (Å²) in [6.45, 7) is 12.3. The molecule has 2 heterocycles. The monoisotopic (exact) mass is 361 g/mol. The van der Waals surface area contributed by atoms with E-state index < -0.39 is 26.7 Å². The topological polar surface area (TPSA) is 66.8 Å². The van der Waals surface area contributed by atoms with Crippen LogP contribution in [0.25, 0.3) is 0 Å². The molecule has 0 aromatic rings. The Labute approximate surface area is 142 Å². The molecule has 4 atom stereocenters. The van der Waals surface area contributed by atoms with Gasteiger partial charge >= 0.3 is 5.97 Å². The van der Waals surface area contributed by atoms with Crippen molar-refractivity contribution in [2.45, 2.75) is 57.8 Å². The number of carbonyl (C=O) groups excluding carboxylic acids is 1. The largest absolute Gasteiger partial charge is 0.479 e. The molecule has 0 spiro atoms. The SMILES string of the molecule is C[SiH](C)OC(C)([C@H]1C(=O)N2C(C(=O)O)C(=S)S[C@H]12)C(C)(C)C. The van der Waals surface area contributed by atoms with E-state index >= 15 is 0 Å². The lowest BCUT2D eigenvalue weighted by molar-refractivity contribution is -0.180. The van der Waals surface area contributed by atoms with Gasteiger partial charge < -0.3 is 14.4 Å². The molecule has 2 unspecified atom stereocenters. The summed E-state index contributed by atoms with van der Waals surface area (Å²) < 4.78 is 6.67. The van der Waals surface area contributed by atoms with Gasteiger partial charge in [0.15, 0.2) is 15.1 Å². The maximum atomic E-state index is 12.7. The second-order valence-electron chi connectivity index (χ2n) is 7.32. The maximum Gasteiger partial charge on any atom is 0.332 e. The standard InChI is InChI=1S/C14H23NO4S2Si/c1-13(2,3)14(4,19-22(5)6)7-9(16)15-8(11(17)18)12(20)21-10(7)15/h7-8,10,22H,1-6H3,(H,17,18)/t7-,8?,10+,14?/m0/s1. The first kappa shape index (κ1) is 17.9. The van der Waals surface area contributed by atoms with Crippen LogP contribution in [0.2, 0.25) is 13.1 Å². The predicted molar refractivity (Wildman–Crippen MR) is 93.6 cm³/mol. The summed E-state index contributed by atoms with van der Waals surface area (Å²) in [7, 11) is -1.38. The minimum Gasteiger partial charge on any atom is -0.479 e. The first-order valence-electron chi connectivity index (χ1n) is 7.35. The fourth-order valence-electron chi connectivity index (χ4n) is 3.12. The second kappa shape index (κ2) is 5.57. The number of carboxylic acids is 1. The summed E-state index contributed by atoms with van der Waals surface area (Å²) in [5.41, 5.74) is -0.859. The normalized spacial score (nSPS) is 31.0. The van der Waals surface area contributed by atoms with E-state index in [-0.39, 0.29) is 22.6 Å². The summed E-state index contributed by atoms with van der Waals surface area (Å²) in [6.07, 6.45) is 0. The quantitative estimate of drug-likeness (QED) is 0.470. The summed E-state index contributed by atoms with van der Waals surface area (Å²) in [4.78, 5) is 25.5. The summed E-state index contributed by atoms with van der Waals surface area (Å²) in [5, 5.41) is 9.07. The zero-order valence-corrected chi connectivity index (χ0v) is 16.5. The predicted octanol–water partition coefficient (Wildman–Crippen LogP) is 2.10. The minimum absolute atomic E-state index is 0.156. The van der Waals surface area contributed by atoms with Crippen LogP contribution in [0.4, 0.5) is 0 Å². The number of amides is 1. The van der Waals surface area contributed by atoms with Crippen molar-refractivity contribution in [3.63, 3.8) is 0 Å². The third kappa shape index (κ3) is 2.53. The van der Waals surface area contributed by atoms with Crippen molar-refractivity contribution in [3.05, 3.63) is 0 Å². The van der Waals surface area contributed by atoms with Gasteiger partial charge in [-0.2, -0.15) is 0 Å². The van der Waals surface area contributed by atoms with Crippen LogP contribution in [-0.2, 0) is 14.0 Å². The lowest BCUT2D eigenvalue weighted by Crippen LogP contribution is -2.71. The van der Waals surface area contributed by atoms with E-state index in [0.717, 1.165) is 0 Å². The van der Waals surface area contributed by atoms with Gasteiger partial charge in [0.2, 0.25) is 5.91 Å². The highest BCUT2D eigenvalue weighted by molar-refractivity contribution is 8.24. The van der Waals surface area contributed by atoms with Crippen molar-refractivity contribution in [1.82, 2.24) is 4.90 Å². The van der Waals surface area contributed by atoms with E-state index in [9.17, 15) is 14.7 Å². The second-order valence-corrected chi connectivity index (χ2v) is 11.5. The number of fused-ring (bicyclic) bond motifs is 1. The van der Waals surface area contributed by atoms with E-state index in [1.165, 1.54) is 16.7 Å². The first-order valence-corrected chi connectivity index (χ1v) is 11.4. The van der Waals surface area contributed by atoms with E-state index in [0.29, 0.717) is 4.20 Å². The fourth-order valence-corrected chi connectivity index (χ4v) is 6.54. The number of rotatable bonds is 4. The van der Waals surface area contributed by atoms with Crippen molar-refractivity contribution < 1.29 is 19.1 Å². The average molecular weight is 362 g/mol. The van der Waals surface area contributed by atoms with Crippen molar-refractivity contribution >= 4 is 49.1 Å². The van der Waals surface area contributed by atoms with Gasteiger partial charge in [0.05, 0.1) is 21.1 Å². The number of hydrogen-bond acceptors (Lipinski definition) is 5. The molecule has 5 nitrogen and oxygen atoms in total. The Hall–Kier alpha value is -0.443. The van der Waals surface area contributed by atoms with E-state index in [1.807, 2.05) is 6.92 Å². The molecule has 0 bridgehead atoms. The molecule has 124 valence electrons. The van der Waals surface area contributed by atoms with Gasteiger partial charge in [0, 0.05) is 0 Å². The van der Waals surface area contributed by atoms with E-state index in [4.69, 9.17) is 16.6 Å². The Kier molecular flexibility index (Phi) is 4.54. The number of aliphatic carboxylic acids is 1. The van der Waals surface area contributed by atoms with Gasteiger partial charge in [0.1, 0.15) is 0 Å². The van der Waals surface area contributed by atoms with Crippen LogP contribution >= 0.6 is 24.0 Å². The van der Waals surface area contributed by atoms with Crippen molar-refractivity contribution in [1.29, 1.82) is 0 Å². The Balaban J connectivity index is 2.36. The Morgan fingerprint density at radius 1 is 1.36 bits per heavy atom. The van der Waals surface area contributed by atoms with Crippen LogP contribution < -0.4 is 0 Å². The maximum absolute atomic E-state index is 12.7. The summed E-state index contributed by atoms with van der Waals surface area (Å²) >= 11 is 6.50. The molecule has 22 heavy (non-hydrogen) atoms. The van der Waals surface area contributed by atoms with Crippen LogP contribution in [0.5, 0.6) is 0 Å². The van der Waals surface area contributed by atoms with Crippen LogP contribution in [-0.4, -0.2) is 52.1 Å². The molecule has 2 rings (SSSR count). The highest BCUT2D eigenvalue weighted by Gasteiger charge is 2.67. The molecule has 0 radical (unpaired) electrons. The van der Waals surface area contributed by atoms with Gasteiger partial charge in [-0.1, -0.05) is 44.8 Å². The van der Waals surface area contributed by atoms with Gasteiger partial charge in [-0.3, -0.25) is 4.79 Å². The number of hydrogen-bond donors (Lipinski definition) is 1. The average Bonchev–Trinajstić information content (AvgIpc) is 2.60. The van der Waals surface area contributed by atoms with Crippen LogP contribution in [0.1, 0.15) is 27.7 Å². The summed E-state index contributed by atoms with van der Waals surface area (Å²) in [6, 6.07) is -0.978. The van der Waals surface area contributed by atoms with Crippen LogP contribution in [0.15, 0.2) is 0 Å². The molecule has 2 aliphatic rings. The third-order valence-electron chi connectivity index (χ3n) is 4.62. The molecule has 8 heteroatoms. The lowest BCUT2D eigenvalue weighted by Gasteiger charge is -2.56. The van der Waals surface area contributed by atoms with Gasteiger partial charge in [-0.25, -0.2) is 4.79 Å². The first-order chi connectivity index (χ1) is 9.91. The molecule has 2 fully saturated rings. The van der Waals surface area contributed by atoms with Crippen molar-refractivity contribution in [3.8, 4) is 0 Å². The number of thioether (sulfide) groups is 1. The molecule has 1 N–H and O–H groups in total. The van der Waals surface area contributed by atoms with Crippen molar-refractivity contribution in [2.24, 2.45) is 11.3 Å². The van der Waals surface area contributed by atoms with Crippen molar-refractivity contribution in [2.75, 3.05) is 0 Å². The number of nitrogens with zero attached hydrogens (tertiary/aromatic N) is 1. The zero-order valence-electron chi connectivity index (χ0n) is 13.7. The molecule has 1 amide bonds. The zero-order chi connectivity index (χ0) is 17.0. The van der Waals surface area contributed by atoms with Crippen LogP contribution in [0, 0.1) is 11.3 Å². The number of thiocarbonyl (C=S) groups is 1.